The minimum atomic E-state index is -3.91. The van der Waals surface area contributed by atoms with Crippen LogP contribution in [0.5, 0.6) is 0 Å². The maximum Gasteiger partial charge on any atom is 0.261 e. The van der Waals surface area contributed by atoms with Crippen LogP contribution < -0.4 is 4.72 Å². The Hall–Kier alpha value is -2.52. The van der Waals surface area contributed by atoms with Crippen molar-refractivity contribution in [1.82, 2.24) is 20.2 Å². The van der Waals surface area contributed by atoms with E-state index in [0.29, 0.717) is 17.2 Å². The van der Waals surface area contributed by atoms with Gasteiger partial charge in [0, 0.05) is 0 Å². The zero-order valence-corrected chi connectivity index (χ0v) is 13.9. The lowest BCUT2D eigenvalue weighted by Gasteiger charge is -2.10. The highest BCUT2D eigenvalue weighted by atomic mass is 35.5. The number of nitrogens with zero attached hydrogens (tertiary/aromatic N) is 4. The van der Waals surface area contributed by atoms with Gasteiger partial charge in [-0.3, -0.25) is 4.72 Å². The summed E-state index contributed by atoms with van der Waals surface area (Å²) in [5.74, 6) is -0.132. The van der Waals surface area contributed by atoms with E-state index in [1.165, 1.54) is 4.68 Å². The van der Waals surface area contributed by atoms with Gasteiger partial charge >= 0.3 is 0 Å². The minimum absolute atomic E-state index is 0.141. The molecule has 0 fully saturated rings. The molecule has 7 nitrogen and oxygen atoms in total. The van der Waals surface area contributed by atoms with Gasteiger partial charge in [0.25, 0.3) is 10.0 Å². The Labute approximate surface area is 142 Å². The van der Waals surface area contributed by atoms with Crippen LogP contribution in [0.15, 0.2) is 47.4 Å². The van der Waals surface area contributed by atoms with Gasteiger partial charge in [-0.2, -0.15) is 4.68 Å². The molecule has 0 amide bonds. The summed E-state index contributed by atoms with van der Waals surface area (Å²) in [6, 6.07) is 9.73. The van der Waals surface area contributed by atoms with Crippen molar-refractivity contribution in [1.29, 1.82) is 0 Å². The number of sulfonamides is 1. The number of anilines is 1. The van der Waals surface area contributed by atoms with E-state index in [0.717, 1.165) is 18.2 Å². The van der Waals surface area contributed by atoms with Crippen molar-refractivity contribution in [3.8, 4) is 5.69 Å². The van der Waals surface area contributed by atoms with Crippen molar-refractivity contribution in [2.75, 3.05) is 4.72 Å². The lowest BCUT2D eigenvalue weighted by atomic mass is 10.3. The summed E-state index contributed by atoms with van der Waals surface area (Å²) in [5, 5.41) is 10.9. The van der Waals surface area contributed by atoms with Crippen LogP contribution >= 0.6 is 11.6 Å². The molecule has 3 aromatic rings. The molecule has 3 rings (SSSR count). The molecule has 1 N–H and O–H groups in total. The van der Waals surface area contributed by atoms with Gasteiger partial charge in [-0.15, -0.1) is 5.10 Å². The van der Waals surface area contributed by atoms with E-state index in [1.807, 2.05) is 0 Å². The van der Waals surface area contributed by atoms with Gasteiger partial charge in [-0.25, -0.2) is 12.8 Å². The standard InChI is InChI=1S/C14H11ClFN5O2S/c1-9-17-19-20-21(9)11-4-2-3-10(7-11)18-24(22,23)12-5-6-14(16)13(15)8-12/h2-8,18H,1H3. The van der Waals surface area contributed by atoms with Crippen LogP contribution in [0.2, 0.25) is 5.02 Å². The first kappa shape index (κ1) is 16.3. The second kappa shape index (κ2) is 6.17. The number of hydrogen-bond donors (Lipinski definition) is 1. The zero-order valence-electron chi connectivity index (χ0n) is 12.3. The van der Waals surface area contributed by atoms with Crippen LogP contribution in [0.1, 0.15) is 5.82 Å². The first-order chi connectivity index (χ1) is 11.4. The van der Waals surface area contributed by atoms with Gasteiger partial charge in [0.1, 0.15) is 5.82 Å². The van der Waals surface area contributed by atoms with Gasteiger partial charge < -0.3 is 0 Å². The Morgan fingerprint density at radius 1 is 1.21 bits per heavy atom. The lowest BCUT2D eigenvalue weighted by Crippen LogP contribution is -2.13. The fourth-order valence-electron chi connectivity index (χ4n) is 2.03. The van der Waals surface area contributed by atoms with Gasteiger partial charge in [0.2, 0.25) is 0 Å². The fraction of sp³-hybridized carbons (Fsp3) is 0.0714. The smallest absolute Gasteiger partial charge is 0.261 e. The number of hydrogen-bond acceptors (Lipinski definition) is 5. The highest BCUT2D eigenvalue weighted by molar-refractivity contribution is 7.92. The number of nitrogens with one attached hydrogen (secondary N) is 1. The van der Waals surface area contributed by atoms with Crippen LogP contribution in [0.25, 0.3) is 5.69 Å². The Balaban J connectivity index is 1.93. The average molecular weight is 368 g/mol. The summed E-state index contributed by atoms with van der Waals surface area (Å²) < 4.78 is 41.9. The Kier molecular flexibility index (Phi) is 4.20. The summed E-state index contributed by atoms with van der Waals surface area (Å²) in [6.45, 7) is 1.72. The third kappa shape index (κ3) is 3.22. The van der Waals surface area contributed by atoms with Crippen molar-refractivity contribution in [2.45, 2.75) is 11.8 Å². The summed E-state index contributed by atoms with van der Waals surface area (Å²) >= 11 is 5.64. The summed E-state index contributed by atoms with van der Waals surface area (Å²) in [5.41, 5.74) is 0.901. The van der Waals surface area contributed by atoms with Gasteiger partial charge in [-0.05, 0) is 53.7 Å². The maximum absolute atomic E-state index is 13.2. The fourth-order valence-corrected chi connectivity index (χ4v) is 3.35. The molecule has 2 aromatic carbocycles. The maximum atomic E-state index is 13.2. The molecule has 24 heavy (non-hydrogen) atoms. The van der Waals surface area contributed by atoms with Crippen LogP contribution in [0, 0.1) is 12.7 Å². The molecule has 0 aliphatic rings. The molecule has 0 radical (unpaired) electrons. The van der Waals surface area contributed by atoms with Crippen LogP contribution in [-0.4, -0.2) is 28.6 Å². The molecule has 0 atom stereocenters. The molecule has 0 bridgehead atoms. The Morgan fingerprint density at radius 3 is 2.67 bits per heavy atom. The molecule has 0 unspecified atom stereocenters. The van der Waals surface area contributed by atoms with Crippen LogP contribution in [0.3, 0.4) is 0 Å². The third-order valence-electron chi connectivity index (χ3n) is 3.17. The number of halogens is 2. The van der Waals surface area contributed by atoms with Crippen molar-refractivity contribution in [3.63, 3.8) is 0 Å². The molecule has 1 aromatic heterocycles. The Bertz CT molecular complexity index is 1010. The second-order valence-electron chi connectivity index (χ2n) is 4.87. The normalized spacial score (nSPS) is 11.5. The van der Waals surface area contributed by atoms with Crippen molar-refractivity contribution < 1.29 is 12.8 Å². The predicted octanol–water partition coefficient (Wildman–Crippen LogP) is 2.56. The average Bonchev–Trinajstić information content (AvgIpc) is 2.96. The van der Waals surface area contributed by atoms with Gasteiger partial charge in [-0.1, -0.05) is 17.7 Å². The van der Waals surface area contributed by atoms with Crippen LogP contribution in [-0.2, 0) is 10.0 Å². The van der Waals surface area contributed by atoms with Crippen molar-refractivity contribution in [3.05, 3.63) is 59.1 Å². The topological polar surface area (TPSA) is 89.8 Å². The van der Waals surface area contributed by atoms with E-state index < -0.39 is 15.8 Å². The monoisotopic (exact) mass is 367 g/mol. The largest absolute Gasteiger partial charge is 0.280 e. The number of benzene rings is 2. The van der Waals surface area contributed by atoms with E-state index >= 15 is 0 Å². The highest BCUT2D eigenvalue weighted by Gasteiger charge is 2.16. The summed E-state index contributed by atoms with van der Waals surface area (Å²) in [7, 11) is -3.91. The van der Waals surface area contributed by atoms with E-state index in [4.69, 9.17) is 11.6 Å². The molecule has 124 valence electrons. The lowest BCUT2D eigenvalue weighted by molar-refractivity contribution is 0.599. The highest BCUT2D eigenvalue weighted by Crippen LogP contribution is 2.22. The number of aromatic nitrogens is 4. The molecule has 0 saturated heterocycles. The van der Waals surface area contributed by atoms with E-state index in [9.17, 15) is 12.8 Å². The van der Waals surface area contributed by atoms with Gasteiger partial charge in [0.05, 0.1) is 21.3 Å². The molecule has 10 heteroatoms. The quantitative estimate of drug-likeness (QED) is 0.765. The predicted molar refractivity (Wildman–Crippen MR) is 86.1 cm³/mol. The van der Waals surface area contributed by atoms with Crippen molar-refractivity contribution >= 4 is 27.3 Å². The van der Waals surface area contributed by atoms with Crippen LogP contribution in [0.4, 0.5) is 10.1 Å². The number of tetrazole rings is 1. The second-order valence-corrected chi connectivity index (χ2v) is 6.96. The first-order valence-electron chi connectivity index (χ1n) is 6.70. The number of rotatable bonds is 4. The van der Waals surface area contributed by atoms with E-state index in [1.54, 1.807) is 31.2 Å². The van der Waals surface area contributed by atoms with Gasteiger partial charge in [0.15, 0.2) is 5.82 Å². The van der Waals surface area contributed by atoms with E-state index in [2.05, 4.69) is 20.2 Å². The third-order valence-corrected chi connectivity index (χ3v) is 4.84. The van der Waals surface area contributed by atoms with E-state index in [-0.39, 0.29) is 9.92 Å². The zero-order chi connectivity index (χ0) is 17.3. The molecular weight excluding hydrogens is 357 g/mol. The molecule has 0 aliphatic carbocycles. The first-order valence-corrected chi connectivity index (χ1v) is 8.56. The molecular formula is C14H11ClFN5O2S. The molecule has 0 saturated carbocycles. The summed E-state index contributed by atoms with van der Waals surface area (Å²) in [4.78, 5) is -0.141. The number of aryl methyl sites for hydroxylation is 1. The SMILES string of the molecule is Cc1nnnn1-c1cccc(NS(=O)(=O)c2ccc(F)c(Cl)c2)c1. The minimum Gasteiger partial charge on any atom is -0.280 e. The summed E-state index contributed by atoms with van der Waals surface area (Å²) in [6.07, 6.45) is 0. The Morgan fingerprint density at radius 2 is 2.00 bits per heavy atom. The molecule has 0 aliphatic heterocycles. The van der Waals surface area contributed by atoms with Crippen molar-refractivity contribution in [2.24, 2.45) is 0 Å². The molecule has 0 spiro atoms. The molecule has 1 heterocycles.